The Morgan fingerprint density at radius 2 is 2.00 bits per heavy atom. The van der Waals surface area contributed by atoms with Crippen LogP contribution in [0.2, 0.25) is 5.02 Å². The van der Waals surface area contributed by atoms with E-state index in [0.29, 0.717) is 22.4 Å². The zero-order valence-electron chi connectivity index (χ0n) is 11.7. The van der Waals surface area contributed by atoms with Crippen molar-refractivity contribution in [1.82, 2.24) is 20.3 Å². The van der Waals surface area contributed by atoms with Crippen LogP contribution in [0.4, 0.5) is 0 Å². The molecule has 1 aliphatic carbocycles. The number of H-pyrrole nitrogens is 1. The molecule has 1 saturated carbocycles. The van der Waals surface area contributed by atoms with Gasteiger partial charge in [-0.1, -0.05) is 28.9 Å². The first-order valence-electron chi connectivity index (χ1n) is 7.09. The summed E-state index contributed by atoms with van der Waals surface area (Å²) in [5, 5.41) is 11.9. The quantitative estimate of drug-likeness (QED) is 0.774. The van der Waals surface area contributed by atoms with Gasteiger partial charge in [-0.15, -0.1) is 0 Å². The highest BCUT2D eigenvalue weighted by Crippen LogP contribution is 2.37. The third kappa shape index (κ3) is 2.20. The van der Waals surface area contributed by atoms with E-state index in [1.165, 1.54) is 0 Å². The maximum absolute atomic E-state index is 6.20. The van der Waals surface area contributed by atoms with Crippen LogP contribution in [0.3, 0.4) is 0 Å². The highest BCUT2D eigenvalue weighted by atomic mass is 35.5. The van der Waals surface area contributed by atoms with E-state index in [0.717, 1.165) is 30.5 Å². The number of hydrogen-bond donors (Lipinski definition) is 2. The Balaban J connectivity index is 1.63. The van der Waals surface area contributed by atoms with Gasteiger partial charge in [0.1, 0.15) is 5.69 Å². The Morgan fingerprint density at radius 1 is 1.23 bits per heavy atom. The number of aromatic amines is 1. The molecular weight excluding hydrogens is 302 g/mol. The number of benzene rings is 1. The van der Waals surface area contributed by atoms with Gasteiger partial charge in [-0.05, 0) is 37.5 Å². The molecule has 0 radical (unpaired) electrons. The minimum Gasteiger partial charge on any atom is -0.332 e. The van der Waals surface area contributed by atoms with Crippen LogP contribution in [0, 0.1) is 0 Å². The lowest BCUT2D eigenvalue weighted by molar-refractivity contribution is 0.229. The monoisotopic (exact) mass is 315 g/mol. The minimum absolute atomic E-state index is 0.402. The van der Waals surface area contributed by atoms with Gasteiger partial charge in [0, 0.05) is 10.6 Å². The minimum atomic E-state index is -0.430. The van der Waals surface area contributed by atoms with Gasteiger partial charge in [0.15, 0.2) is 5.82 Å². The summed E-state index contributed by atoms with van der Waals surface area (Å²) in [6.07, 6.45) is 2.89. The fourth-order valence-electron chi connectivity index (χ4n) is 2.52. The highest BCUT2D eigenvalue weighted by Gasteiger charge is 2.39. The highest BCUT2D eigenvalue weighted by molar-refractivity contribution is 6.30. The maximum atomic E-state index is 6.20. The van der Waals surface area contributed by atoms with Crippen molar-refractivity contribution in [3.8, 4) is 22.8 Å². The molecule has 3 aromatic rings. The lowest BCUT2D eigenvalue weighted by Gasteiger charge is -2.34. The maximum Gasteiger partial charge on any atom is 0.276 e. The van der Waals surface area contributed by atoms with Crippen LogP contribution in [0.25, 0.3) is 22.8 Å². The van der Waals surface area contributed by atoms with E-state index in [1.807, 2.05) is 30.3 Å². The van der Waals surface area contributed by atoms with Crippen molar-refractivity contribution in [1.29, 1.82) is 0 Å². The SMILES string of the molecule is NC1(c2noc(-c3cc(-c4ccc(Cl)cc4)n[nH]3)n2)CCC1. The first-order chi connectivity index (χ1) is 10.6. The van der Waals surface area contributed by atoms with Gasteiger partial charge in [-0.2, -0.15) is 10.1 Å². The van der Waals surface area contributed by atoms with Crippen molar-refractivity contribution in [2.45, 2.75) is 24.8 Å². The number of nitrogens with two attached hydrogens (primary N) is 1. The Labute approximate surface area is 131 Å². The molecule has 0 bridgehead atoms. The van der Waals surface area contributed by atoms with Gasteiger partial charge in [0.05, 0.1) is 11.2 Å². The second-order valence-corrected chi connectivity index (χ2v) is 6.04. The number of nitrogens with one attached hydrogen (secondary N) is 1. The van der Waals surface area contributed by atoms with Crippen LogP contribution in [-0.2, 0) is 5.54 Å². The fraction of sp³-hybridized carbons (Fsp3) is 0.267. The number of nitrogens with zero attached hydrogens (tertiary/aromatic N) is 3. The molecule has 0 atom stereocenters. The number of hydrogen-bond acceptors (Lipinski definition) is 5. The molecule has 0 amide bonds. The Bertz CT molecular complexity index is 803. The molecule has 7 heteroatoms. The molecular formula is C15H14ClN5O. The van der Waals surface area contributed by atoms with Crippen LogP contribution < -0.4 is 5.73 Å². The fourth-order valence-corrected chi connectivity index (χ4v) is 2.64. The summed E-state index contributed by atoms with van der Waals surface area (Å²) in [4.78, 5) is 4.40. The zero-order valence-corrected chi connectivity index (χ0v) is 12.5. The first kappa shape index (κ1) is 13.5. The van der Waals surface area contributed by atoms with E-state index in [4.69, 9.17) is 21.9 Å². The summed E-state index contributed by atoms with van der Waals surface area (Å²) in [6, 6.07) is 9.33. The van der Waals surface area contributed by atoms with Crippen molar-refractivity contribution in [2.24, 2.45) is 5.73 Å². The normalized spacial score (nSPS) is 16.5. The molecule has 112 valence electrons. The zero-order chi connectivity index (χ0) is 15.2. The van der Waals surface area contributed by atoms with Gasteiger partial charge in [-0.25, -0.2) is 0 Å². The molecule has 0 unspecified atom stereocenters. The Kier molecular flexibility index (Phi) is 3.02. The van der Waals surface area contributed by atoms with Crippen LogP contribution >= 0.6 is 11.6 Å². The summed E-state index contributed by atoms with van der Waals surface area (Å²) < 4.78 is 5.31. The van der Waals surface area contributed by atoms with Crippen LogP contribution in [0.15, 0.2) is 34.9 Å². The summed E-state index contributed by atoms with van der Waals surface area (Å²) in [7, 11) is 0. The van der Waals surface area contributed by atoms with Crippen molar-refractivity contribution >= 4 is 11.6 Å². The molecule has 1 fully saturated rings. The van der Waals surface area contributed by atoms with Gasteiger partial charge in [0.25, 0.3) is 5.89 Å². The lowest BCUT2D eigenvalue weighted by Crippen LogP contribution is -2.44. The van der Waals surface area contributed by atoms with Gasteiger partial charge >= 0.3 is 0 Å². The first-order valence-corrected chi connectivity index (χ1v) is 7.47. The number of halogens is 1. The third-order valence-electron chi connectivity index (χ3n) is 4.07. The van der Waals surface area contributed by atoms with Gasteiger partial charge in [-0.3, -0.25) is 5.10 Å². The van der Waals surface area contributed by atoms with Crippen molar-refractivity contribution in [3.63, 3.8) is 0 Å². The number of aromatic nitrogens is 4. The summed E-state index contributed by atoms with van der Waals surface area (Å²) in [5.41, 5.74) is 8.19. The van der Waals surface area contributed by atoms with Gasteiger partial charge in [0.2, 0.25) is 0 Å². The summed E-state index contributed by atoms with van der Waals surface area (Å²) in [5.74, 6) is 0.968. The van der Waals surface area contributed by atoms with E-state index in [1.54, 1.807) is 0 Å². The third-order valence-corrected chi connectivity index (χ3v) is 4.32. The second-order valence-electron chi connectivity index (χ2n) is 5.61. The number of rotatable bonds is 3. The average Bonchev–Trinajstić information content (AvgIpc) is 3.14. The molecule has 6 nitrogen and oxygen atoms in total. The molecule has 2 heterocycles. The molecule has 3 N–H and O–H groups in total. The summed E-state index contributed by atoms with van der Waals surface area (Å²) in [6.45, 7) is 0. The predicted octanol–water partition coefficient (Wildman–Crippen LogP) is 3.12. The van der Waals surface area contributed by atoms with Crippen molar-refractivity contribution in [3.05, 3.63) is 41.2 Å². The van der Waals surface area contributed by atoms with Gasteiger partial charge < -0.3 is 10.3 Å². The molecule has 0 spiro atoms. The largest absolute Gasteiger partial charge is 0.332 e. The Hall–Kier alpha value is -2.18. The van der Waals surface area contributed by atoms with E-state index in [-0.39, 0.29) is 0 Å². The molecule has 22 heavy (non-hydrogen) atoms. The molecule has 4 rings (SSSR count). The van der Waals surface area contributed by atoms with Crippen LogP contribution in [0.5, 0.6) is 0 Å². The van der Waals surface area contributed by atoms with E-state index < -0.39 is 5.54 Å². The van der Waals surface area contributed by atoms with E-state index in [9.17, 15) is 0 Å². The smallest absolute Gasteiger partial charge is 0.276 e. The summed E-state index contributed by atoms with van der Waals surface area (Å²) >= 11 is 5.89. The van der Waals surface area contributed by atoms with Crippen molar-refractivity contribution < 1.29 is 4.52 Å². The molecule has 0 saturated heterocycles. The Morgan fingerprint density at radius 3 is 2.68 bits per heavy atom. The predicted molar refractivity (Wildman–Crippen MR) is 82.0 cm³/mol. The van der Waals surface area contributed by atoms with Crippen LogP contribution in [0.1, 0.15) is 25.1 Å². The van der Waals surface area contributed by atoms with E-state index in [2.05, 4.69) is 20.3 Å². The average molecular weight is 316 g/mol. The van der Waals surface area contributed by atoms with E-state index >= 15 is 0 Å². The second kappa shape index (κ2) is 4.93. The topological polar surface area (TPSA) is 93.6 Å². The molecule has 1 aromatic carbocycles. The molecule has 0 aliphatic heterocycles. The van der Waals surface area contributed by atoms with Crippen molar-refractivity contribution in [2.75, 3.05) is 0 Å². The molecule has 2 aromatic heterocycles. The standard InChI is InChI=1S/C15H14ClN5O/c16-10-4-2-9(3-5-10)11-8-12(20-19-11)13-18-14(21-22-13)15(17)6-1-7-15/h2-5,8H,1,6-7,17H2,(H,19,20). The van der Waals surface area contributed by atoms with Crippen LogP contribution in [-0.4, -0.2) is 20.3 Å². The molecule has 1 aliphatic rings. The lowest BCUT2D eigenvalue weighted by atomic mass is 9.77.